The summed E-state index contributed by atoms with van der Waals surface area (Å²) < 4.78 is 60.0. The lowest BCUT2D eigenvalue weighted by Gasteiger charge is -2.12. The van der Waals surface area contributed by atoms with Crippen molar-refractivity contribution in [2.24, 2.45) is 5.92 Å². The van der Waals surface area contributed by atoms with Crippen LogP contribution in [-0.4, -0.2) is 19.7 Å². The fourth-order valence-electron chi connectivity index (χ4n) is 1.30. The van der Waals surface area contributed by atoms with E-state index in [1.165, 1.54) is 4.72 Å². The zero-order valence-electron chi connectivity index (χ0n) is 10.5. The average Bonchev–Trinajstić information content (AvgIpc) is 2.28. The standard InChI is InChI=1S/C11H11ClF3NO3S/c1-6(2)10(17)8-5-7(3-4-9(8)12)16-20(18,19)11(13,14)15/h3-6,16H,1-2H3. The molecular formula is C11H11ClF3NO3S. The number of hydrogen-bond acceptors (Lipinski definition) is 3. The van der Waals surface area contributed by atoms with Gasteiger partial charge in [-0.15, -0.1) is 0 Å². The second-order valence-electron chi connectivity index (χ2n) is 4.26. The molecular weight excluding hydrogens is 319 g/mol. The Labute approximate surface area is 119 Å². The first-order valence-corrected chi connectivity index (χ1v) is 7.24. The molecule has 0 fully saturated rings. The lowest BCUT2D eigenvalue weighted by molar-refractivity contribution is -0.0429. The van der Waals surface area contributed by atoms with Crippen LogP contribution in [0.5, 0.6) is 0 Å². The smallest absolute Gasteiger partial charge is 0.294 e. The highest BCUT2D eigenvalue weighted by atomic mass is 35.5. The predicted octanol–water partition coefficient (Wildman–Crippen LogP) is 3.44. The van der Waals surface area contributed by atoms with E-state index in [4.69, 9.17) is 11.6 Å². The summed E-state index contributed by atoms with van der Waals surface area (Å²) >= 11 is 5.78. The molecule has 1 aromatic rings. The Bertz CT molecular complexity index is 626. The first-order chi connectivity index (χ1) is 8.95. The molecule has 1 aromatic carbocycles. The van der Waals surface area contributed by atoms with Crippen LogP contribution in [0.25, 0.3) is 0 Å². The van der Waals surface area contributed by atoms with E-state index < -0.39 is 27.2 Å². The molecule has 0 spiro atoms. The number of carbonyl (C=O) groups excluding carboxylic acids is 1. The quantitative estimate of drug-likeness (QED) is 0.861. The Morgan fingerprint density at radius 2 is 1.85 bits per heavy atom. The van der Waals surface area contributed by atoms with Crippen molar-refractivity contribution in [3.05, 3.63) is 28.8 Å². The Balaban J connectivity index is 3.18. The number of alkyl halides is 3. The van der Waals surface area contributed by atoms with Crippen LogP contribution in [0.3, 0.4) is 0 Å². The number of hydrogen-bond donors (Lipinski definition) is 1. The first kappa shape index (κ1) is 16.8. The Hall–Kier alpha value is -1.28. The fourth-order valence-corrected chi connectivity index (χ4v) is 2.07. The third-order valence-corrected chi connectivity index (χ3v) is 3.76. The topological polar surface area (TPSA) is 63.2 Å². The van der Waals surface area contributed by atoms with Crippen molar-refractivity contribution in [1.29, 1.82) is 0 Å². The summed E-state index contributed by atoms with van der Waals surface area (Å²) in [5.74, 6) is -0.829. The molecule has 0 saturated heterocycles. The predicted molar refractivity (Wildman–Crippen MR) is 69.2 cm³/mol. The first-order valence-electron chi connectivity index (χ1n) is 5.38. The third-order valence-electron chi connectivity index (χ3n) is 2.31. The number of benzene rings is 1. The molecule has 0 aliphatic rings. The van der Waals surface area contributed by atoms with Crippen LogP contribution in [0.15, 0.2) is 18.2 Å². The van der Waals surface area contributed by atoms with Gasteiger partial charge in [0, 0.05) is 17.2 Å². The summed E-state index contributed by atoms with van der Waals surface area (Å²) in [6.45, 7) is 3.18. The van der Waals surface area contributed by atoms with Gasteiger partial charge in [-0.25, -0.2) is 0 Å². The van der Waals surface area contributed by atoms with E-state index >= 15 is 0 Å². The molecule has 9 heteroatoms. The highest BCUT2D eigenvalue weighted by molar-refractivity contribution is 7.93. The van der Waals surface area contributed by atoms with Crippen molar-refractivity contribution in [3.8, 4) is 0 Å². The normalized spacial score (nSPS) is 12.6. The molecule has 0 amide bonds. The minimum atomic E-state index is -5.53. The summed E-state index contributed by atoms with van der Waals surface area (Å²) in [5, 5.41) is 0.0404. The van der Waals surface area contributed by atoms with Gasteiger partial charge in [-0.05, 0) is 18.2 Å². The van der Waals surface area contributed by atoms with Crippen LogP contribution in [-0.2, 0) is 10.0 Å². The third kappa shape index (κ3) is 3.63. The molecule has 1 rings (SSSR count). The Kier molecular flexibility index (Phi) is 4.70. The highest BCUT2D eigenvalue weighted by Gasteiger charge is 2.46. The van der Waals surface area contributed by atoms with Gasteiger partial charge in [-0.2, -0.15) is 21.6 Å². The van der Waals surface area contributed by atoms with Crippen molar-refractivity contribution in [2.75, 3.05) is 4.72 Å². The Morgan fingerprint density at radius 1 is 1.30 bits per heavy atom. The fraction of sp³-hybridized carbons (Fsp3) is 0.364. The molecule has 0 aromatic heterocycles. The van der Waals surface area contributed by atoms with Gasteiger partial charge in [0.25, 0.3) is 0 Å². The molecule has 0 unspecified atom stereocenters. The number of rotatable bonds is 4. The van der Waals surface area contributed by atoms with E-state index in [9.17, 15) is 26.4 Å². The zero-order valence-corrected chi connectivity index (χ0v) is 12.0. The van der Waals surface area contributed by atoms with Gasteiger partial charge >= 0.3 is 15.5 Å². The van der Waals surface area contributed by atoms with Crippen molar-refractivity contribution >= 4 is 33.1 Å². The number of sulfonamides is 1. The van der Waals surface area contributed by atoms with E-state index in [1.54, 1.807) is 13.8 Å². The monoisotopic (exact) mass is 329 g/mol. The largest absolute Gasteiger partial charge is 0.516 e. The van der Waals surface area contributed by atoms with Crippen LogP contribution in [0.1, 0.15) is 24.2 Å². The van der Waals surface area contributed by atoms with Gasteiger partial charge in [-0.1, -0.05) is 25.4 Å². The number of nitrogens with one attached hydrogen (secondary N) is 1. The molecule has 0 atom stereocenters. The molecule has 0 aliphatic heterocycles. The number of halogens is 4. The molecule has 1 N–H and O–H groups in total. The summed E-state index contributed by atoms with van der Waals surface area (Å²) in [4.78, 5) is 11.8. The van der Waals surface area contributed by atoms with Crippen molar-refractivity contribution in [2.45, 2.75) is 19.4 Å². The maximum Gasteiger partial charge on any atom is 0.516 e. The van der Waals surface area contributed by atoms with Crippen LogP contribution in [0.2, 0.25) is 5.02 Å². The van der Waals surface area contributed by atoms with Gasteiger partial charge < -0.3 is 0 Å². The van der Waals surface area contributed by atoms with Crippen LogP contribution < -0.4 is 4.72 Å². The lowest BCUT2D eigenvalue weighted by Crippen LogP contribution is -2.30. The minimum Gasteiger partial charge on any atom is -0.294 e. The van der Waals surface area contributed by atoms with E-state index in [-0.39, 0.29) is 16.3 Å². The number of anilines is 1. The van der Waals surface area contributed by atoms with Gasteiger partial charge in [0.05, 0.1) is 5.02 Å². The van der Waals surface area contributed by atoms with Crippen LogP contribution >= 0.6 is 11.6 Å². The summed E-state index contributed by atoms with van der Waals surface area (Å²) in [6.07, 6.45) is 0. The number of Topliss-reactive ketones (excluding diaryl/α,β-unsaturated/α-hetero) is 1. The van der Waals surface area contributed by atoms with Gasteiger partial charge in [0.1, 0.15) is 0 Å². The molecule has 0 heterocycles. The maximum absolute atomic E-state index is 12.2. The van der Waals surface area contributed by atoms with Gasteiger partial charge in [0.2, 0.25) is 0 Å². The average molecular weight is 330 g/mol. The van der Waals surface area contributed by atoms with Crippen molar-refractivity contribution in [3.63, 3.8) is 0 Å². The molecule has 112 valence electrons. The summed E-state index contributed by atoms with van der Waals surface area (Å²) in [5.41, 5.74) is -5.85. The Morgan fingerprint density at radius 3 is 2.30 bits per heavy atom. The summed E-state index contributed by atoms with van der Waals surface area (Å²) in [7, 11) is -5.53. The molecule has 0 aliphatic carbocycles. The molecule has 0 bridgehead atoms. The van der Waals surface area contributed by atoms with Gasteiger partial charge in [0.15, 0.2) is 5.78 Å². The maximum atomic E-state index is 12.2. The SMILES string of the molecule is CC(C)C(=O)c1cc(NS(=O)(=O)C(F)(F)F)ccc1Cl. The molecule has 0 saturated carbocycles. The zero-order chi connectivity index (χ0) is 15.7. The van der Waals surface area contributed by atoms with Gasteiger partial charge in [-0.3, -0.25) is 9.52 Å². The van der Waals surface area contributed by atoms with E-state index in [0.29, 0.717) is 0 Å². The second-order valence-corrected chi connectivity index (χ2v) is 6.35. The van der Waals surface area contributed by atoms with E-state index in [2.05, 4.69) is 0 Å². The lowest BCUT2D eigenvalue weighted by atomic mass is 10.0. The molecule has 0 radical (unpaired) electrons. The minimum absolute atomic E-state index is 0.0379. The highest BCUT2D eigenvalue weighted by Crippen LogP contribution is 2.28. The van der Waals surface area contributed by atoms with E-state index in [0.717, 1.165) is 18.2 Å². The van der Waals surface area contributed by atoms with Crippen LogP contribution in [0.4, 0.5) is 18.9 Å². The molecule has 4 nitrogen and oxygen atoms in total. The van der Waals surface area contributed by atoms with Crippen LogP contribution in [0, 0.1) is 5.92 Å². The number of ketones is 1. The van der Waals surface area contributed by atoms with E-state index in [1.807, 2.05) is 0 Å². The molecule has 20 heavy (non-hydrogen) atoms. The van der Waals surface area contributed by atoms with Crippen molar-refractivity contribution in [1.82, 2.24) is 0 Å². The summed E-state index contributed by atoms with van der Waals surface area (Å²) in [6, 6.07) is 3.18. The van der Waals surface area contributed by atoms with Crippen molar-refractivity contribution < 1.29 is 26.4 Å². The second kappa shape index (κ2) is 5.61. The number of carbonyl (C=O) groups is 1.